The Morgan fingerprint density at radius 3 is 2.61 bits per heavy atom. The summed E-state index contributed by atoms with van der Waals surface area (Å²) in [6, 6.07) is 4.02. The van der Waals surface area contributed by atoms with Crippen LogP contribution >= 0.6 is 11.6 Å². The van der Waals surface area contributed by atoms with E-state index in [1.807, 2.05) is 13.8 Å². The van der Waals surface area contributed by atoms with E-state index in [1.165, 1.54) is 0 Å². The number of ether oxygens (including phenoxy) is 3. The van der Waals surface area contributed by atoms with Crippen LogP contribution in [0, 0.1) is 6.92 Å². The standard InChI is InChI=1S/C19H23ClN2O6/c1-4-14-17(18(24)26-5-2)15(22-19(25)21-14)9-28-16(23)10-27-12-6-7-13(20)11(3)8-12/h6-8,14H,4-5,9-10H2,1-3H3,(H2,21,22,25)/t14-/m0/s1. The summed E-state index contributed by atoms with van der Waals surface area (Å²) in [7, 11) is 0. The minimum atomic E-state index is -0.649. The lowest BCUT2D eigenvalue weighted by Crippen LogP contribution is -2.51. The highest BCUT2D eigenvalue weighted by atomic mass is 35.5. The first-order valence-corrected chi connectivity index (χ1v) is 9.25. The van der Waals surface area contributed by atoms with Crippen molar-refractivity contribution in [3.05, 3.63) is 40.1 Å². The predicted octanol–water partition coefficient (Wildman–Crippen LogP) is 2.48. The van der Waals surface area contributed by atoms with Gasteiger partial charge in [0.15, 0.2) is 6.61 Å². The second-order valence-corrected chi connectivity index (χ2v) is 6.44. The molecule has 0 fully saturated rings. The van der Waals surface area contributed by atoms with Crippen LogP contribution in [0.15, 0.2) is 29.5 Å². The fraction of sp³-hybridized carbons (Fsp3) is 0.421. The Hall–Kier alpha value is -2.74. The summed E-state index contributed by atoms with van der Waals surface area (Å²) in [6.45, 7) is 4.91. The molecule has 0 aliphatic carbocycles. The first kappa shape index (κ1) is 21.6. The van der Waals surface area contributed by atoms with Crippen molar-refractivity contribution in [1.29, 1.82) is 0 Å². The molecule has 8 nitrogen and oxygen atoms in total. The van der Waals surface area contributed by atoms with Crippen LogP contribution < -0.4 is 15.4 Å². The molecule has 0 saturated heterocycles. The Labute approximate surface area is 168 Å². The van der Waals surface area contributed by atoms with Crippen molar-refractivity contribution in [2.24, 2.45) is 0 Å². The first-order chi connectivity index (χ1) is 13.3. The summed E-state index contributed by atoms with van der Waals surface area (Å²) in [5, 5.41) is 5.75. The van der Waals surface area contributed by atoms with Gasteiger partial charge in [-0.25, -0.2) is 14.4 Å². The smallest absolute Gasteiger partial charge is 0.344 e. The summed E-state index contributed by atoms with van der Waals surface area (Å²) in [5.74, 6) is -0.739. The Kier molecular flexibility index (Phi) is 7.69. The van der Waals surface area contributed by atoms with Crippen LogP contribution in [0.3, 0.4) is 0 Å². The molecule has 1 aromatic carbocycles. The van der Waals surface area contributed by atoms with Crippen molar-refractivity contribution in [1.82, 2.24) is 10.6 Å². The quantitative estimate of drug-likeness (QED) is 0.638. The molecule has 2 amide bonds. The molecule has 1 aliphatic heterocycles. The van der Waals surface area contributed by atoms with E-state index in [9.17, 15) is 14.4 Å². The molecule has 2 N–H and O–H groups in total. The van der Waals surface area contributed by atoms with Crippen LogP contribution in [0.25, 0.3) is 0 Å². The third-order valence-corrected chi connectivity index (χ3v) is 4.43. The zero-order valence-corrected chi connectivity index (χ0v) is 16.7. The Morgan fingerprint density at radius 2 is 1.96 bits per heavy atom. The highest BCUT2D eigenvalue weighted by Gasteiger charge is 2.32. The van der Waals surface area contributed by atoms with Gasteiger partial charge in [0.25, 0.3) is 0 Å². The van der Waals surface area contributed by atoms with Crippen molar-refractivity contribution < 1.29 is 28.6 Å². The Morgan fingerprint density at radius 1 is 1.21 bits per heavy atom. The van der Waals surface area contributed by atoms with Crippen LogP contribution in [-0.2, 0) is 19.1 Å². The van der Waals surface area contributed by atoms with Crippen LogP contribution in [0.1, 0.15) is 25.8 Å². The minimum Gasteiger partial charge on any atom is -0.482 e. The lowest BCUT2D eigenvalue weighted by molar-refractivity contribution is -0.145. The van der Waals surface area contributed by atoms with E-state index in [1.54, 1.807) is 25.1 Å². The number of urea groups is 1. The number of hydrogen-bond acceptors (Lipinski definition) is 6. The zero-order chi connectivity index (χ0) is 20.7. The number of benzene rings is 1. The SMILES string of the molecule is CCOC(=O)C1=C(COC(=O)COc2ccc(Cl)c(C)c2)NC(=O)N[C@H]1CC. The molecule has 1 heterocycles. The Bertz CT molecular complexity index is 793. The van der Waals surface area contributed by atoms with E-state index >= 15 is 0 Å². The van der Waals surface area contributed by atoms with Crippen LogP contribution in [0.5, 0.6) is 5.75 Å². The van der Waals surface area contributed by atoms with E-state index in [4.69, 9.17) is 25.8 Å². The molecule has 9 heteroatoms. The highest BCUT2D eigenvalue weighted by molar-refractivity contribution is 6.31. The van der Waals surface area contributed by atoms with Gasteiger partial charge in [-0.05, 0) is 44.0 Å². The molecule has 1 atom stereocenters. The lowest BCUT2D eigenvalue weighted by Gasteiger charge is -2.28. The fourth-order valence-corrected chi connectivity index (χ4v) is 2.74. The molecule has 152 valence electrons. The second kappa shape index (κ2) is 9.98. The van der Waals surface area contributed by atoms with Gasteiger partial charge in [-0.3, -0.25) is 0 Å². The van der Waals surface area contributed by atoms with Crippen molar-refractivity contribution in [3.63, 3.8) is 0 Å². The number of carbonyl (C=O) groups excluding carboxylic acids is 3. The van der Waals surface area contributed by atoms with Gasteiger partial charge in [-0.2, -0.15) is 0 Å². The maximum atomic E-state index is 12.3. The molecule has 1 aromatic rings. The zero-order valence-electron chi connectivity index (χ0n) is 16.0. The summed E-state index contributed by atoms with van der Waals surface area (Å²) in [4.78, 5) is 36.1. The van der Waals surface area contributed by atoms with Crippen molar-refractivity contribution in [3.8, 4) is 5.75 Å². The molecule has 28 heavy (non-hydrogen) atoms. The van der Waals surface area contributed by atoms with Crippen LogP contribution in [0.2, 0.25) is 5.02 Å². The topological polar surface area (TPSA) is 103 Å². The maximum absolute atomic E-state index is 12.3. The third-order valence-electron chi connectivity index (χ3n) is 4.01. The summed E-state index contributed by atoms with van der Waals surface area (Å²) >= 11 is 5.95. The van der Waals surface area contributed by atoms with Gasteiger partial charge in [0, 0.05) is 5.02 Å². The minimum absolute atomic E-state index is 0.189. The highest BCUT2D eigenvalue weighted by Crippen LogP contribution is 2.21. The van der Waals surface area contributed by atoms with E-state index in [0.717, 1.165) is 5.56 Å². The summed E-state index contributed by atoms with van der Waals surface area (Å²) in [5.41, 5.74) is 1.26. The number of halogens is 1. The molecular weight excluding hydrogens is 388 g/mol. The van der Waals surface area contributed by atoms with Crippen LogP contribution in [-0.4, -0.2) is 43.8 Å². The summed E-state index contributed by atoms with van der Waals surface area (Å²) < 4.78 is 15.6. The van der Waals surface area contributed by atoms with Gasteiger partial charge in [0.1, 0.15) is 12.4 Å². The maximum Gasteiger partial charge on any atom is 0.344 e. The van der Waals surface area contributed by atoms with E-state index in [-0.39, 0.29) is 31.1 Å². The molecule has 2 rings (SSSR count). The monoisotopic (exact) mass is 410 g/mol. The Balaban J connectivity index is 2.01. The molecule has 0 unspecified atom stereocenters. The van der Waals surface area contributed by atoms with E-state index in [2.05, 4.69) is 10.6 Å². The normalized spacial score (nSPS) is 16.1. The molecular formula is C19H23ClN2O6. The number of aryl methyl sites for hydroxylation is 1. The molecule has 0 spiro atoms. The predicted molar refractivity (Wildman–Crippen MR) is 102 cm³/mol. The van der Waals surface area contributed by atoms with Gasteiger partial charge < -0.3 is 24.8 Å². The third kappa shape index (κ3) is 5.63. The number of carbonyl (C=O) groups is 3. The largest absolute Gasteiger partial charge is 0.482 e. The van der Waals surface area contributed by atoms with Gasteiger partial charge in [0.2, 0.25) is 0 Å². The van der Waals surface area contributed by atoms with Crippen molar-refractivity contribution >= 4 is 29.6 Å². The van der Waals surface area contributed by atoms with E-state index in [0.29, 0.717) is 17.2 Å². The molecule has 1 aliphatic rings. The average molecular weight is 411 g/mol. The average Bonchev–Trinajstić information content (AvgIpc) is 2.66. The number of hydrogen-bond donors (Lipinski definition) is 2. The molecule has 0 aromatic heterocycles. The molecule has 0 radical (unpaired) electrons. The number of esters is 2. The second-order valence-electron chi connectivity index (χ2n) is 6.03. The van der Waals surface area contributed by atoms with Gasteiger partial charge in [-0.15, -0.1) is 0 Å². The van der Waals surface area contributed by atoms with Crippen molar-refractivity contribution in [2.75, 3.05) is 19.8 Å². The van der Waals surface area contributed by atoms with Crippen LogP contribution in [0.4, 0.5) is 4.79 Å². The number of rotatable bonds is 8. The lowest BCUT2D eigenvalue weighted by atomic mass is 10.0. The van der Waals surface area contributed by atoms with Crippen molar-refractivity contribution in [2.45, 2.75) is 33.2 Å². The number of amides is 2. The van der Waals surface area contributed by atoms with Gasteiger partial charge >= 0.3 is 18.0 Å². The number of nitrogens with one attached hydrogen (secondary N) is 2. The first-order valence-electron chi connectivity index (χ1n) is 8.87. The van der Waals surface area contributed by atoms with Gasteiger partial charge in [-0.1, -0.05) is 18.5 Å². The molecule has 0 saturated carbocycles. The van der Waals surface area contributed by atoms with E-state index < -0.39 is 24.0 Å². The van der Waals surface area contributed by atoms with Gasteiger partial charge in [0.05, 0.1) is 23.9 Å². The molecule has 0 bridgehead atoms. The fourth-order valence-electron chi connectivity index (χ4n) is 2.62. The summed E-state index contributed by atoms with van der Waals surface area (Å²) in [6.07, 6.45) is 0.484.